The van der Waals surface area contributed by atoms with Crippen molar-refractivity contribution in [1.82, 2.24) is 4.90 Å². The van der Waals surface area contributed by atoms with Crippen LogP contribution in [0.2, 0.25) is 0 Å². The van der Waals surface area contributed by atoms with Crippen molar-refractivity contribution in [3.8, 4) is 0 Å². The van der Waals surface area contributed by atoms with Crippen molar-refractivity contribution < 1.29 is 14.4 Å². The molecule has 0 aliphatic carbocycles. The molecule has 2 aliphatic rings. The van der Waals surface area contributed by atoms with E-state index in [4.69, 9.17) is 0 Å². The van der Waals surface area contributed by atoms with Crippen LogP contribution in [0.5, 0.6) is 0 Å². The topological polar surface area (TPSA) is 60.9 Å². The van der Waals surface area contributed by atoms with Gasteiger partial charge in [0.15, 0.2) is 0 Å². The zero-order valence-electron chi connectivity index (χ0n) is 20.6. The van der Waals surface area contributed by atoms with Gasteiger partial charge in [0.05, 0.1) is 16.8 Å². The number of carbonyl (C=O) groups excluding carboxylic acids is 3. The largest absolute Gasteiger partial charge is 0.368 e. The summed E-state index contributed by atoms with van der Waals surface area (Å²) in [5, 5.41) is 0. The molecule has 2 aliphatic heterocycles. The first-order valence-electron chi connectivity index (χ1n) is 12.0. The predicted octanol–water partition coefficient (Wildman–Crippen LogP) is 4.68. The number of hydrogen-bond acceptors (Lipinski definition) is 4. The van der Waals surface area contributed by atoms with Gasteiger partial charge in [0.1, 0.15) is 0 Å². The fourth-order valence-electron chi connectivity index (χ4n) is 5.29. The Morgan fingerprint density at radius 1 is 0.686 bits per heavy atom. The number of nitrogens with zero attached hydrogens (tertiary/aromatic N) is 3. The van der Waals surface area contributed by atoms with Gasteiger partial charge in [-0.2, -0.15) is 0 Å². The van der Waals surface area contributed by atoms with Gasteiger partial charge in [-0.25, -0.2) is 4.90 Å². The molecule has 6 nitrogen and oxygen atoms in total. The Morgan fingerprint density at radius 3 is 1.91 bits per heavy atom. The lowest BCUT2D eigenvalue weighted by molar-refractivity contribution is 0.0746. The Kier molecular flexibility index (Phi) is 5.67. The van der Waals surface area contributed by atoms with Gasteiger partial charge in [0.2, 0.25) is 0 Å². The molecule has 0 radical (unpaired) electrons. The third-order valence-electron chi connectivity index (χ3n) is 6.94. The fourth-order valence-corrected chi connectivity index (χ4v) is 5.29. The summed E-state index contributed by atoms with van der Waals surface area (Å²) in [6.07, 6.45) is 0. The van der Waals surface area contributed by atoms with Crippen molar-refractivity contribution in [2.75, 3.05) is 36.0 Å². The second kappa shape index (κ2) is 8.69. The maximum absolute atomic E-state index is 13.3. The van der Waals surface area contributed by atoms with Gasteiger partial charge < -0.3 is 9.80 Å². The fraction of sp³-hybridized carbons (Fsp3) is 0.276. The summed E-state index contributed by atoms with van der Waals surface area (Å²) in [4.78, 5) is 44.7. The zero-order chi connectivity index (χ0) is 24.9. The van der Waals surface area contributed by atoms with Gasteiger partial charge in [-0.15, -0.1) is 0 Å². The van der Waals surface area contributed by atoms with Crippen LogP contribution in [0.15, 0.2) is 54.6 Å². The number of imide groups is 1. The molecule has 2 heterocycles. The van der Waals surface area contributed by atoms with E-state index in [1.807, 2.05) is 24.0 Å². The molecule has 0 aromatic heterocycles. The normalized spacial score (nSPS) is 15.6. The summed E-state index contributed by atoms with van der Waals surface area (Å²) >= 11 is 0. The molecule has 1 saturated heterocycles. The number of anilines is 2. The third kappa shape index (κ3) is 3.99. The maximum atomic E-state index is 13.3. The Hall–Kier alpha value is -3.93. The number of amides is 3. The smallest absolute Gasteiger partial charge is 0.266 e. The van der Waals surface area contributed by atoms with Crippen molar-refractivity contribution in [3.63, 3.8) is 0 Å². The minimum atomic E-state index is -0.390. The first kappa shape index (κ1) is 22.8. The van der Waals surface area contributed by atoms with Crippen LogP contribution < -0.4 is 9.80 Å². The summed E-state index contributed by atoms with van der Waals surface area (Å²) in [6, 6.07) is 16.5. The molecule has 0 atom stereocenters. The molecule has 0 saturated carbocycles. The molecule has 3 aromatic carbocycles. The summed E-state index contributed by atoms with van der Waals surface area (Å²) in [5.74, 6) is -0.859. The molecule has 35 heavy (non-hydrogen) atoms. The molecule has 0 spiro atoms. The van der Waals surface area contributed by atoms with Crippen LogP contribution in [0, 0.1) is 27.7 Å². The van der Waals surface area contributed by atoms with E-state index in [2.05, 4.69) is 37.8 Å². The van der Waals surface area contributed by atoms with Crippen LogP contribution in [0.25, 0.3) is 0 Å². The van der Waals surface area contributed by atoms with Crippen molar-refractivity contribution in [2.24, 2.45) is 0 Å². The highest BCUT2D eigenvalue weighted by Crippen LogP contribution is 2.30. The average molecular weight is 468 g/mol. The number of hydrogen-bond donors (Lipinski definition) is 0. The van der Waals surface area contributed by atoms with Crippen molar-refractivity contribution in [1.29, 1.82) is 0 Å². The molecule has 1 fully saturated rings. The number of rotatable bonds is 3. The van der Waals surface area contributed by atoms with E-state index in [0.717, 1.165) is 18.7 Å². The van der Waals surface area contributed by atoms with Gasteiger partial charge in [0, 0.05) is 37.4 Å². The number of piperazine rings is 1. The molecule has 3 amide bonds. The molecular weight excluding hydrogens is 438 g/mol. The number of fused-ring (bicyclic) bond motifs is 1. The lowest BCUT2D eigenvalue weighted by Crippen LogP contribution is -2.49. The Labute approximate surface area is 205 Å². The van der Waals surface area contributed by atoms with E-state index in [-0.39, 0.29) is 17.4 Å². The van der Waals surface area contributed by atoms with Gasteiger partial charge in [0.25, 0.3) is 17.7 Å². The van der Waals surface area contributed by atoms with Crippen molar-refractivity contribution in [2.45, 2.75) is 27.7 Å². The highest BCUT2D eigenvalue weighted by molar-refractivity contribution is 6.34. The van der Waals surface area contributed by atoms with Gasteiger partial charge in [-0.05, 0) is 69.2 Å². The molecule has 0 bridgehead atoms. The second-order valence-electron chi connectivity index (χ2n) is 9.57. The molecule has 0 unspecified atom stereocenters. The molecule has 6 heteroatoms. The Bertz CT molecular complexity index is 1330. The summed E-state index contributed by atoms with van der Waals surface area (Å²) < 4.78 is 0. The van der Waals surface area contributed by atoms with Gasteiger partial charge in [-0.3, -0.25) is 14.4 Å². The lowest BCUT2D eigenvalue weighted by Gasteiger charge is -2.37. The molecule has 3 aromatic rings. The van der Waals surface area contributed by atoms with E-state index < -0.39 is 5.91 Å². The number of benzene rings is 3. The van der Waals surface area contributed by atoms with E-state index in [0.29, 0.717) is 29.9 Å². The number of carbonyl (C=O) groups is 3. The van der Waals surface area contributed by atoms with Crippen LogP contribution in [-0.4, -0.2) is 48.8 Å². The predicted molar refractivity (Wildman–Crippen MR) is 138 cm³/mol. The maximum Gasteiger partial charge on any atom is 0.266 e. The van der Waals surface area contributed by atoms with E-state index >= 15 is 0 Å². The minimum absolute atomic E-state index is 0.112. The average Bonchev–Trinajstić information content (AvgIpc) is 3.08. The zero-order valence-corrected chi connectivity index (χ0v) is 20.6. The van der Waals surface area contributed by atoms with Gasteiger partial charge in [-0.1, -0.05) is 35.4 Å². The quantitative estimate of drug-likeness (QED) is 0.525. The van der Waals surface area contributed by atoms with Crippen LogP contribution in [-0.2, 0) is 0 Å². The van der Waals surface area contributed by atoms with Crippen LogP contribution >= 0.6 is 0 Å². The molecule has 0 N–H and O–H groups in total. The van der Waals surface area contributed by atoms with E-state index in [1.54, 1.807) is 30.3 Å². The number of aryl methyl sites for hydroxylation is 4. The highest BCUT2D eigenvalue weighted by Gasteiger charge is 2.37. The summed E-state index contributed by atoms with van der Waals surface area (Å²) in [7, 11) is 0. The lowest BCUT2D eigenvalue weighted by atomic mass is 10.0. The van der Waals surface area contributed by atoms with E-state index in [9.17, 15) is 14.4 Å². The first-order valence-corrected chi connectivity index (χ1v) is 12.0. The SMILES string of the molecule is Cc1ccc(N2C(=O)c3ccc(C(=O)N4CCN(c5c(C)cc(C)cc5C)CC4)cc3C2=O)cc1. The summed E-state index contributed by atoms with van der Waals surface area (Å²) in [5.41, 5.74) is 7.65. The second-order valence-corrected chi connectivity index (χ2v) is 9.57. The molecular formula is C29H29N3O3. The minimum Gasteiger partial charge on any atom is -0.368 e. The van der Waals surface area contributed by atoms with Crippen molar-refractivity contribution in [3.05, 3.63) is 93.5 Å². The third-order valence-corrected chi connectivity index (χ3v) is 6.94. The highest BCUT2D eigenvalue weighted by atomic mass is 16.2. The van der Waals surface area contributed by atoms with Crippen molar-refractivity contribution >= 4 is 29.1 Å². The van der Waals surface area contributed by atoms with E-state index in [1.165, 1.54) is 27.3 Å². The standard InChI is InChI=1S/C29H29N3O3/c1-18-5-8-23(9-6-18)32-28(34)24-10-7-22(17-25(24)29(32)35)27(33)31-13-11-30(12-14-31)26-20(3)15-19(2)16-21(26)4/h5-10,15-17H,11-14H2,1-4H3. The Morgan fingerprint density at radius 2 is 1.29 bits per heavy atom. The van der Waals surface area contributed by atoms with Crippen LogP contribution in [0.1, 0.15) is 53.3 Å². The summed E-state index contributed by atoms with van der Waals surface area (Å²) in [6.45, 7) is 11.0. The van der Waals surface area contributed by atoms with Crippen LogP contribution in [0.4, 0.5) is 11.4 Å². The van der Waals surface area contributed by atoms with Crippen LogP contribution in [0.3, 0.4) is 0 Å². The molecule has 5 rings (SSSR count). The monoisotopic (exact) mass is 467 g/mol. The first-order chi connectivity index (χ1) is 16.7. The van der Waals surface area contributed by atoms with Gasteiger partial charge >= 0.3 is 0 Å². The molecule has 178 valence electrons. The Balaban J connectivity index is 1.32.